The number of carbonyl (C=O) groups excluding carboxylic acids is 2. The summed E-state index contributed by atoms with van der Waals surface area (Å²) < 4.78 is 5.48. The summed E-state index contributed by atoms with van der Waals surface area (Å²) in [4.78, 5) is 24.5. The zero-order valence-electron chi connectivity index (χ0n) is 57.6. The molecular weight excluding hydrogens is 1040 g/mol. The second-order valence-corrected chi connectivity index (χ2v) is 26.7. The lowest BCUT2D eigenvalue weighted by atomic mass is 10.0. The summed E-state index contributed by atoms with van der Waals surface area (Å²) in [6.07, 6.45) is 97.0. The minimum atomic E-state index is -0.843. The lowest BCUT2D eigenvalue weighted by Crippen LogP contribution is -2.45. The topological polar surface area (TPSA) is 95.9 Å². The average molecular weight is 1200 g/mol. The van der Waals surface area contributed by atoms with Gasteiger partial charge in [0.25, 0.3) is 0 Å². The fourth-order valence-corrected chi connectivity index (χ4v) is 12.3. The summed E-state index contributed by atoms with van der Waals surface area (Å²) in [5, 5.41) is 23.2. The Bertz CT molecular complexity index is 1380. The van der Waals surface area contributed by atoms with Crippen LogP contribution in [0.2, 0.25) is 0 Å². The number of rotatable bonds is 73. The van der Waals surface area contributed by atoms with Crippen LogP contribution in [0.3, 0.4) is 0 Å². The molecule has 6 heteroatoms. The van der Waals surface area contributed by atoms with Gasteiger partial charge in [-0.05, 0) is 64.2 Å². The first-order valence-corrected chi connectivity index (χ1v) is 38.8. The van der Waals surface area contributed by atoms with Crippen LogP contribution in [0.15, 0.2) is 36.5 Å². The van der Waals surface area contributed by atoms with Crippen molar-refractivity contribution in [1.82, 2.24) is 5.32 Å². The number of esters is 1. The quantitative estimate of drug-likeness (QED) is 0.0320. The third kappa shape index (κ3) is 71.0. The Hall–Kier alpha value is -1.92. The molecule has 0 fully saturated rings. The predicted octanol–water partition coefficient (Wildman–Crippen LogP) is 25.4. The number of nitrogens with one attached hydrogen (secondary N) is 1. The van der Waals surface area contributed by atoms with Crippen molar-refractivity contribution in [2.45, 2.75) is 443 Å². The number of hydrogen-bond acceptors (Lipinski definition) is 5. The summed E-state index contributed by atoms with van der Waals surface area (Å²) in [6, 6.07) is -0.626. The molecule has 0 heterocycles. The van der Waals surface area contributed by atoms with E-state index >= 15 is 0 Å². The molecule has 1 amide bonds. The number of carbonyl (C=O) groups is 2. The van der Waals surface area contributed by atoms with E-state index in [1.807, 2.05) is 6.08 Å². The number of aliphatic hydroxyl groups excluding tert-OH is 2. The van der Waals surface area contributed by atoms with Crippen molar-refractivity contribution < 1.29 is 24.5 Å². The van der Waals surface area contributed by atoms with E-state index in [1.165, 1.54) is 360 Å². The molecule has 0 bridgehead atoms. The van der Waals surface area contributed by atoms with Gasteiger partial charge >= 0.3 is 5.97 Å². The van der Waals surface area contributed by atoms with Gasteiger partial charge in [0.15, 0.2) is 0 Å². The van der Waals surface area contributed by atoms with Crippen molar-refractivity contribution in [3.8, 4) is 0 Å². The van der Waals surface area contributed by atoms with Crippen LogP contribution >= 0.6 is 0 Å². The van der Waals surface area contributed by atoms with Gasteiger partial charge in [-0.2, -0.15) is 0 Å². The van der Waals surface area contributed by atoms with Crippen molar-refractivity contribution in [2.75, 3.05) is 13.2 Å². The predicted molar refractivity (Wildman–Crippen MR) is 375 cm³/mol. The maximum Gasteiger partial charge on any atom is 0.305 e. The van der Waals surface area contributed by atoms with Crippen LogP contribution in [0.25, 0.3) is 0 Å². The first-order valence-electron chi connectivity index (χ1n) is 38.8. The Morgan fingerprint density at radius 2 is 0.588 bits per heavy atom. The normalized spacial score (nSPS) is 12.7. The molecule has 6 nitrogen and oxygen atoms in total. The molecule has 2 atom stereocenters. The second kappa shape index (κ2) is 74.5. The maximum atomic E-state index is 12.5. The molecule has 0 spiro atoms. The number of allylic oxidation sites excluding steroid dienone is 5. The van der Waals surface area contributed by atoms with E-state index in [4.69, 9.17) is 4.74 Å². The molecule has 0 saturated carbocycles. The highest BCUT2D eigenvalue weighted by Crippen LogP contribution is 2.19. The highest BCUT2D eigenvalue weighted by Gasteiger charge is 2.18. The molecule has 0 saturated heterocycles. The van der Waals surface area contributed by atoms with Gasteiger partial charge in [-0.25, -0.2) is 0 Å². The van der Waals surface area contributed by atoms with E-state index in [1.54, 1.807) is 6.08 Å². The van der Waals surface area contributed by atoms with Crippen LogP contribution in [0, 0.1) is 0 Å². The summed E-state index contributed by atoms with van der Waals surface area (Å²) >= 11 is 0. The highest BCUT2D eigenvalue weighted by molar-refractivity contribution is 5.76. The van der Waals surface area contributed by atoms with Gasteiger partial charge in [0.05, 0.1) is 25.4 Å². The molecule has 0 aromatic carbocycles. The number of ether oxygens (including phenoxy) is 1. The first-order chi connectivity index (χ1) is 42.0. The molecular formula is C79H151NO5. The molecule has 0 rings (SSSR count). The van der Waals surface area contributed by atoms with E-state index in [2.05, 4.69) is 43.5 Å². The highest BCUT2D eigenvalue weighted by atomic mass is 16.5. The lowest BCUT2D eigenvalue weighted by Gasteiger charge is -2.20. The minimum absolute atomic E-state index is 0.0203. The molecule has 0 radical (unpaired) electrons. The van der Waals surface area contributed by atoms with Crippen LogP contribution in [-0.2, 0) is 14.3 Å². The summed E-state index contributed by atoms with van der Waals surface area (Å²) in [6.45, 7) is 4.94. The molecule has 3 N–H and O–H groups in total. The van der Waals surface area contributed by atoms with Crippen LogP contribution in [0.4, 0.5) is 0 Å². The number of unbranched alkanes of at least 4 members (excludes halogenated alkanes) is 58. The molecule has 0 aromatic heterocycles. The van der Waals surface area contributed by atoms with Crippen LogP contribution in [0.1, 0.15) is 431 Å². The monoisotopic (exact) mass is 1190 g/mol. The van der Waals surface area contributed by atoms with Crippen molar-refractivity contribution in [3.05, 3.63) is 36.5 Å². The average Bonchev–Trinajstić information content (AvgIpc) is 3.55. The molecule has 0 aliphatic rings. The van der Waals surface area contributed by atoms with Gasteiger partial charge < -0.3 is 20.3 Å². The van der Waals surface area contributed by atoms with Crippen molar-refractivity contribution in [1.29, 1.82) is 0 Å². The Kier molecular flexibility index (Phi) is 72.9. The Morgan fingerprint density at radius 3 is 0.894 bits per heavy atom. The van der Waals surface area contributed by atoms with Crippen LogP contribution in [-0.4, -0.2) is 47.4 Å². The summed E-state index contributed by atoms with van der Waals surface area (Å²) in [7, 11) is 0. The van der Waals surface area contributed by atoms with Gasteiger partial charge in [0.2, 0.25) is 5.91 Å². The number of aliphatic hydroxyl groups is 2. The fraction of sp³-hybridized carbons (Fsp3) is 0.899. The Balaban J connectivity index is 3.37. The summed E-state index contributed by atoms with van der Waals surface area (Å²) in [5.41, 5.74) is 0. The van der Waals surface area contributed by atoms with E-state index in [9.17, 15) is 19.8 Å². The van der Waals surface area contributed by atoms with E-state index < -0.39 is 12.1 Å². The smallest absolute Gasteiger partial charge is 0.305 e. The van der Waals surface area contributed by atoms with E-state index in [0.29, 0.717) is 19.4 Å². The van der Waals surface area contributed by atoms with E-state index in [0.717, 1.165) is 44.9 Å². The van der Waals surface area contributed by atoms with Crippen molar-refractivity contribution in [3.63, 3.8) is 0 Å². The van der Waals surface area contributed by atoms with Crippen molar-refractivity contribution in [2.24, 2.45) is 0 Å². The summed E-state index contributed by atoms with van der Waals surface area (Å²) in [5.74, 6) is -0.0409. The third-order valence-electron chi connectivity index (χ3n) is 18.2. The lowest BCUT2D eigenvalue weighted by molar-refractivity contribution is -0.143. The number of hydrogen-bond donors (Lipinski definition) is 3. The van der Waals surface area contributed by atoms with Gasteiger partial charge in [-0.3, -0.25) is 9.59 Å². The van der Waals surface area contributed by atoms with Crippen molar-refractivity contribution >= 4 is 11.9 Å². The van der Waals surface area contributed by atoms with Gasteiger partial charge in [-0.15, -0.1) is 0 Å². The zero-order chi connectivity index (χ0) is 61.3. The molecule has 0 aromatic rings. The second-order valence-electron chi connectivity index (χ2n) is 26.7. The van der Waals surface area contributed by atoms with E-state index in [-0.39, 0.29) is 18.5 Å². The SMILES string of the molecule is CCCCCCCCCCCCCCCCCC/C=C/C(O)C(CO)NC(=O)CCCCCCCCCCCCCCCCCCC/C=C\C/C=C\CCCCCCCCCCCCCCCCCOC(=O)CCCCCCCCCCCCC. The molecule has 502 valence electrons. The fourth-order valence-electron chi connectivity index (χ4n) is 12.3. The standard InChI is InChI=1S/C79H151NO5/c1-3-5-7-9-11-13-15-16-17-18-42-45-48-52-55-59-63-67-71-77(82)76(75-81)80-78(83)72-68-64-60-56-53-49-46-43-40-38-36-34-32-30-28-26-24-22-20-19-21-23-25-27-29-31-33-35-37-39-41-44-47-50-54-58-62-66-70-74-85-79(84)73-69-65-61-57-51-14-12-10-8-6-4-2/h19-20,23,25,67,71,76-77,81-82H,3-18,21-22,24,26-66,68-70,72-75H2,1-2H3,(H,80,83)/b20-19-,25-23-,71-67+. The maximum absolute atomic E-state index is 12.5. The largest absolute Gasteiger partial charge is 0.466 e. The Morgan fingerprint density at radius 1 is 0.329 bits per heavy atom. The van der Waals surface area contributed by atoms with Gasteiger partial charge in [0.1, 0.15) is 0 Å². The number of amides is 1. The molecule has 85 heavy (non-hydrogen) atoms. The molecule has 2 unspecified atom stereocenters. The third-order valence-corrected chi connectivity index (χ3v) is 18.2. The zero-order valence-corrected chi connectivity index (χ0v) is 57.6. The molecule has 0 aliphatic carbocycles. The van der Waals surface area contributed by atoms with Gasteiger partial charge in [-0.1, -0.05) is 391 Å². The molecule has 0 aliphatic heterocycles. The Labute approximate surface area is 532 Å². The minimum Gasteiger partial charge on any atom is -0.466 e. The first kappa shape index (κ1) is 83.1. The van der Waals surface area contributed by atoms with Gasteiger partial charge in [0, 0.05) is 12.8 Å². The van der Waals surface area contributed by atoms with Crippen LogP contribution < -0.4 is 5.32 Å². The van der Waals surface area contributed by atoms with Crippen LogP contribution in [0.5, 0.6) is 0 Å².